The zero-order valence-electron chi connectivity index (χ0n) is 20.7. The highest BCUT2D eigenvalue weighted by molar-refractivity contribution is 5.76. The summed E-state index contributed by atoms with van der Waals surface area (Å²) >= 11 is 0. The van der Waals surface area contributed by atoms with Crippen LogP contribution in [0.5, 0.6) is 0 Å². The number of piperazine rings is 1. The number of carbonyl (C=O) groups is 1. The second-order valence-corrected chi connectivity index (χ2v) is 9.31. The Balaban J connectivity index is 1.15. The molecule has 0 spiro atoms. The van der Waals surface area contributed by atoms with E-state index in [4.69, 9.17) is 10.00 Å². The number of fused-ring (bicyclic) bond motifs is 1. The van der Waals surface area contributed by atoms with Crippen LogP contribution in [0.2, 0.25) is 0 Å². The van der Waals surface area contributed by atoms with Gasteiger partial charge in [0.2, 0.25) is 5.91 Å². The highest BCUT2D eigenvalue weighted by Gasteiger charge is 2.34. The molecule has 1 fully saturated rings. The molecule has 10 heteroatoms. The number of aromatic amines is 1. The Morgan fingerprint density at radius 3 is 2.76 bits per heavy atom. The molecular formula is C27H29N7O3. The largest absolute Gasteiger partial charge is 0.375 e. The van der Waals surface area contributed by atoms with Gasteiger partial charge in [-0.1, -0.05) is 24.3 Å². The van der Waals surface area contributed by atoms with Crippen LogP contribution in [0.4, 0.5) is 11.5 Å². The van der Waals surface area contributed by atoms with Crippen molar-refractivity contribution in [2.75, 3.05) is 43.0 Å². The number of benzene rings is 1. The maximum absolute atomic E-state index is 12.9. The van der Waals surface area contributed by atoms with Crippen molar-refractivity contribution in [2.24, 2.45) is 0 Å². The fraction of sp³-hybridized carbons (Fsp3) is 0.370. The van der Waals surface area contributed by atoms with Crippen molar-refractivity contribution in [1.82, 2.24) is 20.1 Å². The molecule has 3 heterocycles. The van der Waals surface area contributed by atoms with Gasteiger partial charge < -0.3 is 19.9 Å². The summed E-state index contributed by atoms with van der Waals surface area (Å²) < 4.78 is 6.25. The number of H-pyrrole nitrogens is 1. The first-order valence-electron chi connectivity index (χ1n) is 12.4. The number of nitrogens with zero attached hydrogens (tertiary/aromatic N) is 5. The highest BCUT2D eigenvalue weighted by Crippen LogP contribution is 2.36. The summed E-state index contributed by atoms with van der Waals surface area (Å²) in [6, 6.07) is 13.7. The quantitative estimate of drug-likeness (QED) is 0.506. The van der Waals surface area contributed by atoms with Gasteiger partial charge in [0.15, 0.2) is 0 Å². The minimum absolute atomic E-state index is 0.0714. The molecule has 2 aromatic heterocycles. The number of hydrogen-bond donors (Lipinski definition) is 2. The van der Waals surface area contributed by atoms with Crippen LogP contribution in [-0.2, 0) is 16.0 Å². The lowest BCUT2D eigenvalue weighted by atomic mass is 10.1. The molecule has 1 aliphatic carbocycles. The van der Waals surface area contributed by atoms with Crippen LogP contribution in [0.25, 0.3) is 0 Å². The predicted octanol–water partition coefficient (Wildman–Crippen LogP) is 2.18. The molecule has 2 N–H and O–H groups in total. The fourth-order valence-corrected chi connectivity index (χ4v) is 4.94. The van der Waals surface area contributed by atoms with Crippen LogP contribution in [0.3, 0.4) is 0 Å². The van der Waals surface area contributed by atoms with Crippen LogP contribution >= 0.6 is 0 Å². The number of carbonyl (C=O) groups excluding carboxylic acids is 1. The summed E-state index contributed by atoms with van der Waals surface area (Å²) in [6.07, 6.45) is 4.06. The van der Waals surface area contributed by atoms with E-state index < -0.39 is 0 Å². The SMILES string of the molecule is Cc1c(N[C@H]2c3ccccc3C[C@@H]2OCCC(=O)N2CCN(c3ccc(C#N)cn3)CC2)cn[nH]c1=O. The van der Waals surface area contributed by atoms with Crippen molar-refractivity contribution in [1.29, 1.82) is 5.26 Å². The molecule has 37 heavy (non-hydrogen) atoms. The van der Waals surface area contributed by atoms with E-state index in [1.165, 1.54) is 5.56 Å². The summed E-state index contributed by atoms with van der Waals surface area (Å²) in [5, 5.41) is 18.8. The van der Waals surface area contributed by atoms with Gasteiger partial charge >= 0.3 is 0 Å². The molecule has 3 aromatic rings. The molecule has 5 rings (SSSR count). The maximum Gasteiger partial charge on any atom is 0.269 e. The maximum atomic E-state index is 12.9. The molecule has 0 saturated carbocycles. The van der Waals surface area contributed by atoms with Gasteiger partial charge in [-0.2, -0.15) is 10.4 Å². The molecule has 2 aliphatic rings. The number of nitrogens with one attached hydrogen (secondary N) is 2. The predicted molar refractivity (Wildman–Crippen MR) is 138 cm³/mol. The molecule has 0 radical (unpaired) electrons. The van der Waals surface area contributed by atoms with E-state index in [1.54, 1.807) is 25.4 Å². The first-order chi connectivity index (χ1) is 18.0. The minimum Gasteiger partial charge on any atom is -0.375 e. The lowest BCUT2D eigenvalue weighted by Crippen LogP contribution is -2.49. The summed E-state index contributed by atoms with van der Waals surface area (Å²) in [7, 11) is 0. The third-order valence-corrected chi connectivity index (χ3v) is 7.08. The first-order valence-corrected chi connectivity index (χ1v) is 12.4. The third-order valence-electron chi connectivity index (χ3n) is 7.08. The lowest BCUT2D eigenvalue weighted by Gasteiger charge is -2.35. The number of anilines is 2. The second-order valence-electron chi connectivity index (χ2n) is 9.31. The van der Waals surface area contributed by atoms with Crippen molar-refractivity contribution >= 4 is 17.4 Å². The summed E-state index contributed by atoms with van der Waals surface area (Å²) in [6.45, 7) is 4.70. The van der Waals surface area contributed by atoms with E-state index in [1.807, 2.05) is 23.1 Å². The summed E-state index contributed by atoms with van der Waals surface area (Å²) in [5.41, 5.74) is 3.87. The Morgan fingerprint density at radius 1 is 1.19 bits per heavy atom. The number of nitriles is 1. The van der Waals surface area contributed by atoms with Gasteiger partial charge in [0.25, 0.3) is 5.56 Å². The molecule has 0 unspecified atom stereocenters. The molecule has 1 aliphatic heterocycles. The standard InChI is InChI=1S/C27H29N7O3/c1-18-22(17-30-32-27(18)36)31-26-21-5-3-2-4-20(21)14-23(26)37-13-8-25(35)34-11-9-33(10-12-34)24-7-6-19(15-28)16-29-24/h2-7,16-17,23,26H,8-14H2,1H3,(H2,31,32,36)/t23-,26-/m0/s1. The average Bonchev–Trinajstić information content (AvgIpc) is 3.28. The molecular weight excluding hydrogens is 470 g/mol. The number of pyridine rings is 1. The molecule has 1 saturated heterocycles. The molecule has 10 nitrogen and oxygen atoms in total. The topological polar surface area (TPSA) is 127 Å². The number of hydrogen-bond acceptors (Lipinski definition) is 8. The Morgan fingerprint density at radius 2 is 2.00 bits per heavy atom. The number of amides is 1. The number of rotatable bonds is 7. The molecule has 1 aromatic carbocycles. The molecule has 1 amide bonds. The number of ether oxygens (including phenoxy) is 1. The van der Waals surface area contributed by atoms with Crippen molar-refractivity contribution in [3.05, 3.63) is 81.4 Å². The summed E-state index contributed by atoms with van der Waals surface area (Å²) in [4.78, 5) is 33.2. The van der Waals surface area contributed by atoms with E-state index in [0.29, 0.717) is 56.0 Å². The van der Waals surface area contributed by atoms with E-state index in [2.05, 4.69) is 43.6 Å². The fourth-order valence-electron chi connectivity index (χ4n) is 4.94. The van der Waals surface area contributed by atoms with Gasteiger partial charge in [0, 0.05) is 44.4 Å². The van der Waals surface area contributed by atoms with Gasteiger partial charge in [-0.05, 0) is 30.2 Å². The van der Waals surface area contributed by atoms with Crippen molar-refractivity contribution in [2.45, 2.75) is 31.9 Å². The Kier molecular flexibility index (Phi) is 7.14. The van der Waals surface area contributed by atoms with Gasteiger partial charge in [0.05, 0.1) is 42.6 Å². The Hall–Kier alpha value is -4.23. The number of aromatic nitrogens is 3. The van der Waals surface area contributed by atoms with Gasteiger partial charge in [0.1, 0.15) is 11.9 Å². The first kappa shape index (κ1) is 24.5. The molecule has 0 bridgehead atoms. The van der Waals surface area contributed by atoms with E-state index in [-0.39, 0.29) is 23.6 Å². The van der Waals surface area contributed by atoms with E-state index >= 15 is 0 Å². The Bertz CT molecular complexity index is 1360. The van der Waals surface area contributed by atoms with Crippen LogP contribution in [-0.4, -0.2) is 64.9 Å². The van der Waals surface area contributed by atoms with Gasteiger partial charge in [-0.15, -0.1) is 0 Å². The third kappa shape index (κ3) is 5.32. The van der Waals surface area contributed by atoms with E-state index in [9.17, 15) is 9.59 Å². The van der Waals surface area contributed by atoms with Crippen LogP contribution in [0.1, 0.15) is 34.7 Å². The normalized spacial score (nSPS) is 18.8. The van der Waals surface area contributed by atoms with Crippen LogP contribution in [0.15, 0.2) is 53.6 Å². The average molecular weight is 500 g/mol. The van der Waals surface area contributed by atoms with Crippen molar-refractivity contribution < 1.29 is 9.53 Å². The van der Waals surface area contributed by atoms with Crippen LogP contribution < -0.4 is 15.8 Å². The lowest BCUT2D eigenvalue weighted by molar-refractivity contribution is -0.133. The van der Waals surface area contributed by atoms with Crippen molar-refractivity contribution in [3.8, 4) is 6.07 Å². The van der Waals surface area contributed by atoms with Gasteiger partial charge in [-0.25, -0.2) is 10.1 Å². The minimum atomic E-state index is -0.227. The smallest absolute Gasteiger partial charge is 0.269 e. The van der Waals surface area contributed by atoms with Crippen molar-refractivity contribution in [3.63, 3.8) is 0 Å². The second kappa shape index (κ2) is 10.8. The van der Waals surface area contributed by atoms with Crippen LogP contribution in [0, 0.1) is 18.3 Å². The molecule has 2 atom stereocenters. The zero-order valence-corrected chi connectivity index (χ0v) is 20.7. The summed E-state index contributed by atoms with van der Waals surface area (Å²) in [5.74, 6) is 0.890. The van der Waals surface area contributed by atoms with E-state index in [0.717, 1.165) is 17.8 Å². The molecule has 190 valence electrons. The highest BCUT2D eigenvalue weighted by atomic mass is 16.5. The monoisotopic (exact) mass is 499 g/mol. The Labute approximate surface area is 214 Å². The zero-order chi connectivity index (χ0) is 25.8. The van der Waals surface area contributed by atoms with Gasteiger partial charge in [-0.3, -0.25) is 9.59 Å².